The van der Waals surface area contributed by atoms with Crippen molar-refractivity contribution in [1.29, 1.82) is 0 Å². The highest BCUT2D eigenvalue weighted by Gasteiger charge is 2.15. The summed E-state index contributed by atoms with van der Waals surface area (Å²) in [6.07, 6.45) is 6.30. The van der Waals surface area contributed by atoms with Gasteiger partial charge in [-0.25, -0.2) is 0 Å². The van der Waals surface area contributed by atoms with Gasteiger partial charge in [0.15, 0.2) is 0 Å². The Balaban J connectivity index is 1.69. The van der Waals surface area contributed by atoms with Crippen molar-refractivity contribution in [3.63, 3.8) is 0 Å². The summed E-state index contributed by atoms with van der Waals surface area (Å²) >= 11 is 1.72. The van der Waals surface area contributed by atoms with Crippen molar-refractivity contribution in [2.45, 2.75) is 51.2 Å². The quantitative estimate of drug-likeness (QED) is 0.838. The van der Waals surface area contributed by atoms with Crippen LogP contribution in [-0.4, -0.2) is 29.4 Å². The molecule has 2 rings (SSSR count). The number of rotatable bonds is 6. The second kappa shape index (κ2) is 8.96. The lowest BCUT2D eigenvalue weighted by Crippen LogP contribution is -2.34. The van der Waals surface area contributed by atoms with Crippen LogP contribution in [0.5, 0.6) is 0 Å². The van der Waals surface area contributed by atoms with Crippen LogP contribution in [0, 0.1) is 13.8 Å². The molecule has 5 heteroatoms. The Labute approximate surface area is 142 Å². The minimum Gasteiger partial charge on any atom is -0.346 e. The molecule has 0 aliphatic heterocycles. The van der Waals surface area contributed by atoms with Crippen LogP contribution >= 0.6 is 11.8 Å². The summed E-state index contributed by atoms with van der Waals surface area (Å²) in [5.74, 6) is 0.202. The number of carbonyl (C=O) groups excluding carboxylic acids is 2. The molecule has 0 aromatic heterocycles. The summed E-state index contributed by atoms with van der Waals surface area (Å²) < 4.78 is 0. The topological polar surface area (TPSA) is 58.2 Å². The molecule has 4 nitrogen and oxygen atoms in total. The van der Waals surface area contributed by atoms with Crippen molar-refractivity contribution in [2.75, 3.05) is 17.6 Å². The van der Waals surface area contributed by atoms with Gasteiger partial charge >= 0.3 is 0 Å². The number of nitrogens with one attached hydrogen (secondary N) is 2. The minimum absolute atomic E-state index is 0.0252. The van der Waals surface area contributed by atoms with Crippen LogP contribution in [0.2, 0.25) is 0 Å². The maximum Gasteiger partial charge on any atom is 0.243 e. The van der Waals surface area contributed by atoms with Gasteiger partial charge in [-0.2, -0.15) is 0 Å². The van der Waals surface area contributed by atoms with Crippen molar-refractivity contribution in [3.8, 4) is 0 Å². The number of aryl methyl sites for hydroxylation is 1. The van der Waals surface area contributed by atoms with Crippen molar-refractivity contribution in [3.05, 3.63) is 29.3 Å². The molecule has 2 amide bonds. The Kier molecular flexibility index (Phi) is 6.96. The number of carbonyl (C=O) groups is 2. The summed E-state index contributed by atoms with van der Waals surface area (Å²) in [5, 5.41) is 6.17. The average molecular weight is 334 g/mol. The van der Waals surface area contributed by atoms with Crippen LogP contribution in [0.25, 0.3) is 0 Å². The Morgan fingerprint density at radius 1 is 1.13 bits per heavy atom. The Bertz CT molecular complexity index is 554. The molecule has 0 saturated heterocycles. The molecule has 0 heterocycles. The van der Waals surface area contributed by atoms with Gasteiger partial charge in [0.25, 0.3) is 0 Å². The molecule has 1 aromatic carbocycles. The first-order valence-corrected chi connectivity index (χ1v) is 9.35. The number of hydrogen-bond donors (Lipinski definition) is 2. The first-order valence-electron chi connectivity index (χ1n) is 8.30. The zero-order valence-corrected chi connectivity index (χ0v) is 14.8. The van der Waals surface area contributed by atoms with Gasteiger partial charge in [0.1, 0.15) is 0 Å². The van der Waals surface area contributed by atoms with Crippen LogP contribution in [0.15, 0.2) is 18.2 Å². The molecule has 1 aromatic rings. The molecule has 0 spiro atoms. The van der Waals surface area contributed by atoms with E-state index in [4.69, 9.17) is 0 Å². The van der Waals surface area contributed by atoms with Gasteiger partial charge in [-0.15, -0.1) is 11.8 Å². The molecule has 126 valence electrons. The third-order valence-corrected chi connectivity index (χ3v) is 5.70. The van der Waals surface area contributed by atoms with E-state index in [1.54, 1.807) is 11.8 Å². The molecule has 1 aliphatic carbocycles. The van der Waals surface area contributed by atoms with Gasteiger partial charge < -0.3 is 10.6 Å². The Morgan fingerprint density at radius 3 is 2.61 bits per heavy atom. The maximum atomic E-state index is 12.0. The normalized spacial score (nSPS) is 15.2. The molecule has 0 radical (unpaired) electrons. The number of thioether (sulfide) groups is 1. The number of anilines is 1. The summed E-state index contributed by atoms with van der Waals surface area (Å²) in [7, 11) is 0. The summed E-state index contributed by atoms with van der Waals surface area (Å²) in [5.41, 5.74) is 3.00. The van der Waals surface area contributed by atoms with E-state index in [1.165, 1.54) is 32.1 Å². The van der Waals surface area contributed by atoms with E-state index in [0.717, 1.165) is 16.8 Å². The fourth-order valence-corrected chi connectivity index (χ4v) is 3.89. The van der Waals surface area contributed by atoms with Crippen LogP contribution in [0.3, 0.4) is 0 Å². The van der Waals surface area contributed by atoms with Gasteiger partial charge in [0.2, 0.25) is 11.8 Å². The fourth-order valence-electron chi connectivity index (χ4n) is 2.74. The van der Waals surface area contributed by atoms with Crippen LogP contribution in [-0.2, 0) is 9.59 Å². The van der Waals surface area contributed by atoms with E-state index >= 15 is 0 Å². The van der Waals surface area contributed by atoms with Gasteiger partial charge in [-0.05, 0) is 43.9 Å². The molecule has 1 aliphatic rings. The lowest BCUT2D eigenvalue weighted by Gasteiger charge is -2.20. The molecule has 0 atom stereocenters. The highest BCUT2D eigenvalue weighted by Crippen LogP contribution is 2.27. The molecular weight excluding hydrogens is 308 g/mol. The third kappa shape index (κ3) is 5.90. The molecule has 23 heavy (non-hydrogen) atoms. The van der Waals surface area contributed by atoms with Crippen molar-refractivity contribution >= 4 is 29.3 Å². The van der Waals surface area contributed by atoms with Crippen LogP contribution < -0.4 is 10.6 Å². The summed E-state index contributed by atoms with van der Waals surface area (Å²) in [6, 6.07) is 5.80. The molecule has 1 fully saturated rings. The summed E-state index contributed by atoms with van der Waals surface area (Å²) in [6.45, 7) is 4.01. The SMILES string of the molecule is Cc1cccc(NC(=O)CNC(=O)CSC2CCCCC2)c1C. The lowest BCUT2D eigenvalue weighted by molar-refractivity contribution is -0.122. The zero-order valence-electron chi connectivity index (χ0n) is 14.0. The Morgan fingerprint density at radius 2 is 1.87 bits per heavy atom. The van der Waals surface area contributed by atoms with E-state index in [-0.39, 0.29) is 18.4 Å². The average Bonchev–Trinajstić information content (AvgIpc) is 2.56. The molecule has 0 bridgehead atoms. The van der Waals surface area contributed by atoms with E-state index in [0.29, 0.717) is 11.0 Å². The minimum atomic E-state index is -0.185. The van der Waals surface area contributed by atoms with Crippen LogP contribution in [0.4, 0.5) is 5.69 Å². The lowest BCUT2D eigenvalue weighted by atomic mass is 10.0. The first kappa shape index (κ1) is 17.9. The second-order valence-corrected chi connectivity index (χ2v) is 7.43. The largest absolute Gasteiger partial charge is 0.346 e. The first-order chi connectivity index (χ1) is 11.1. The zero-order chi connectivity index (χ0) is 16.7. The van der Waals surface area contributed by atoms with E-state index in [1.807, 2.05) is 32.0 Å². The monoisotopic (exact) mass is 334 g/mol. The van der Waals surface area contributed by atoms with Crippen molar-refractivity contribution in [1.82, 2.24) is 5.32 Å². The predicted molar refractivity (Wildman–Crippen MR) is 96.9 cm³/mol. The maximum absolute atomic E-state index is 12.0. The third-order valence-electron chi connectivity index (χ3n) is 4.33. The second-order valence-electron chi connectivity index (χ2n) is 6.14. The van der Waals surface area contributed by atoms with Gasteiger partial charge in [0.05, 0.1) is 12.3 Å². The molecule has 1 saturated carbocycles. The van der Waals surface area contributed by atoms with Crippen LogP contribution in [0.1, 0.15) is 43.2 Å². The number of amides is 2. The van der Waals surface area contributed by atoms with Gasteiger partial charge in [-0.1, -0.05) is 31.4 Å². The number of benzene rings is 1. The Hall–Kier alpha value is -1.49. The van der Waals surface area contributed by atoms with E-state index in [9.17, 15) is 9.59 Å². The standard InChI is InChI=1S/C18H26N2O2S/c1-13-7-6-10-16(14(13)2)20-17(21)11-19-18(22)12-23-15-8-4-3-5-9-15/h6-7,10,15H,3-5,8-9,11-12H2,1-2H3,(H,19,22)(H,20,21). The van der Waals surface area contributed by atoms with E-state index in [2.05, 4.69) is 10.6 Å². The predicted octanol–water partition coefficient (Wildman–Crippen LogP) is 3.42. The van der Waals surface area contributed by atoms with Crippen molar-refractivity contribution < 1.29 is 9.59 Å². The smallest absolute Gasteiger partial charge is 0.243 e. The highest BCUT2D eigenvalue weighted by atomic mass is 32.2. The summed E-state index contributed by atoms with van der Waals surface area (Å²) in [4.78, 5) is 23.8. The van der Waals surface area contributed by atoms with E-state index < -0.39 is 0 Å². The van der Waals surface area contributed by atoms with Crippen molar-refractivity contribution in [2.24, 2.45) is 0 Å². The molecule has 2 N–H and O–H groups in total. The molecular formula is C18H26N2O2S. The molecule has 0 unspecified atom stereocenters. The van der Waals surface area contributed by atoms with Gasteiger partial charge in [0, 0.05) is 10.9 Å². The van der Waals surface area contributed by atoms with Gasteiger partial charge in [-0.3, -0.25) is 9.59 Å². The highest BCUT2D eigenvalue weighted by molar-refractivity contribution is 8.00. The number of hydrogen-bond acceptors (Lipinski definition) is 3. The fraction of sp³-hybridized carbons (Fsp3) is 0.556.